The van der Waals surface area contributed by atoms with Gasteiger partial charge in [0.1, 0.15) is 11.2 Å². The van der Waals surface area contributed by atoms with Crippen LogP contribution >= 0.6 is 0 Å². The molecule has 0 aliphatic rings. The van der Waals surface area contributed by atoms with E-state index in [1.807, 2.05) is 12.1 Å². The highest BCUT2D eigenvalue weighted by Gasteiger charge is 2.17. The molecule has 0 aliphatic heterocycles. The Morgan fingerprint density at radius 3 is 1.40 bits per heavy atom. The number of aromatic nitrogens is 2. The lowest BCUT2D eigenvalue weighted by atomic mass is 10.0. The topological polar surface area (TPSA) is 23.0 Å². The fraction of sp³-hybridized carbons (Fsp3) is 0. The van der Waals surface area contributed by atoms with Crippen molar-refractivity contribution in [2.75, 3.05) is 0 Å². The third kappa shape index (κ3) is 4.99. The number of fused-ring (bicyclic) bond motifs is 9. The van der Waals surface area contributed by atoms with Crippen molar-refractivity contribution in [1.82, 2.24) is 9.13 Å². The van der Waals surface area contributed by atoms with Gasteiger partial charge in [-0.1, -0.05) is 127 Å². The van der Waals surface area contributed by atoms with Crippen molar-refractivity contribution in [3.05, 3.63) is 206 Å². The third-order valence-electron chi connectivity index (χ3n) is 11.7. The molecule has 0 aliphatic carbocycles. The minimum absolute atomic E-state index is 0.915. The van der Waals surface area contributed by atoms with Crippen molar-refractivity contribution in [3.8, 4) is 44.8 Å². The standard InChI is InChI=1S/C54H34N2O/c1-2-11-35(12-3-1)37-13-10-14-42(31-37)56-50-19-8-5-16-44(50)47-33-40(24-29-52(47)56)39-23-28-51-46(32-39)43-15-4-7-18-49(43)55(51)41-26-21-36(22-27-41)38-25-30-54-48(34-38)45-17-6-9-20-53(45)57-54/h1-34H. The summed E-state index contributed by atoms with van der Waals surface area (Å²) < 4.78 is 10.9. The Hall–Kier alpha value is -7.62. The molecule has 0 N–H and O–H groups in total. The van der Waals surface area contributed by atoms with Crippen LogP contribution in [0.2, 0.25) is 0 Å². The third-order valence-corrected chi connectivity index (χ3v) is 11.7. The van der Waals surface area contributed by atoms with Gasteiger partial charge in [0.25, 0.3) is 0 Å². The molecule has 0 amide bonds. The zero-order chi connectivity index (χ0) is 37.5. The first kappa shape index (κ1) is 31.7. The average molecular weight is 727 g/mol. The molecule has 9 aromatic carbocycles. The summed E-state index contributed by atoms with van der Waals surface area (Å²) in [5.74, 6) is 0. The Balaban J connectivity index is 0.949. The first-order valence-corrected chi connectivity index (χ1v) is 19.5. The van der Waals surface area contributed by atoms with Gasteiger partial charge in [-0.25, -0.2) is 0 Å². The molecule has 3 heterocycles. The van der Waals surface area contributed by atoms with E-state index in [4.69, 9.17) is 4.42 Å². The van der Waals surface area contributed by atoms with Gasteiger partial charge in [0.15, 0.2) is 0 Å². The van der Waals surface area contributed by atoms with Crippen LogP contribution in [0, 0.1) is 0 Å². The molecule has 3 nitrogen and oxygen atoms in total. The van der Waals surface area contributed by atoms with E-state index in [0.717, 1.165) is 33.3 Å². The molecule has 266 valence electrons. The summed E-state index contributed by atoms with van der Waals surface area (Å²) in [5.41, 5.74) is 16.1. The fourth-order valence-electron chi connectivity index (χ4n) is 9.03. The second-order valence-corrected chi connectivity index (χ2v) is 14.9. The Bertz CT molecular complexity index is 3510. The van der Waals surface area contributed by atoms with Gasteiger partial charge in [-0.3, -0.25) is 0 Å². The van der Waals surface area contributed by atoms with Crippen molar-refractivity contribution < 1.29 is 4.42 Å². The molecule has 0 unspecified atom stereocenters. The van der Waals surface area contributed by atoms with Crippen molar-refractivity contribution in [1.29, 1.82) is 0 Å². The molecule has 12 aromatic rings. The highest BCUT2D eigenvalue weighted by Crippen LogP contribution is 2.39. The SMILES string of the molecule is c1ccc(-c2cccc(-n3c4ccccc4c4cc(-c5ccc6c(c5)c5ccccc5n6-c5ccc(-c6ccc7oc8ccccc8c7c6)cc5)ccc43)c2)cc1. The summed E-state index contributed by atoms with van der Waals surface area (Å²) in [6.07, 6.45) is 0. The Morgan fingerprint density at radius 2 is 0.702 bits per heavy atom. The van der Waals surface area contributed by atoms with Crippen molar-refractivity contribution >= 4 is 65.6 Å². The second-order valence-electron chi connectivity index (χ2n) is 14.9. The van der Waals surface area contributed by atoms with E-state index >= 15 is 0 Å². The summed E-state index contributed by atoms with van der Waals surface area (Å²) in [4.78, 5) is 0. The van der Waals surface area contributed by atoms with Crippen LogP contribution in [0.15, 0.2) is 211 Å². The minimum Gasteiger partial charge on any atom is -0.456 e. The number of nitrogens with zero attached hydrogens (tertiary/aromatic N) is 2. The zero-order valence-electron chi connectivity index (χ0n) is 30.9. The summed E-state index contributed by atoms with van der Waals surface area (Å²) >= 11 is 0. The predicted molar refractivity (Wildman–Crippen MR) is 239 cm³/mol. The lowest BCUT2D eigenvalue weighted by molar-refractivity contribution is 0.669. The maximum absolute atomic E-state index is 6.10. The lowest BCUT2D eigenvalue weighted by Crippen LogP contribution is -1.94. The van der Waals surface area contributed by atoms with Crippen molar-refractivity contribution in [3.63, 3.8) is 0 Å². The molecule has 0 atom stereocenters. The van der Waals surface area contributed by atoms with Gasteiger partial charge in [-0.15, -0.1) is 0 Å². The molecular weight excluding hydrogens is 693 g/mol. The Kier molecular flexibility index (Phi) is 6.93. The number of furan rings is 1. The van der Waals surface area contributed by atoms with E-state index in [-0.39, 0.29) is 0 Å². The zero-order valence-corrected chi connectivity index (χ0v) is 30.9. The van der Waals surface area contributed by atoms with Gasteiger partial charge >= 0.3 is 0 Å². The summed E-state index contributed by atoms with van der Waals surface area (Å²) in [5, 5.41) is 7.27. The average Bonchev–Trinajstić information content (AvgIpc) is 3.94. The molecule has 57 heavy (non-hydrogen) atoms. The largest absolute Gasteiger partial charge is 0.456 e. The van der Waals surface area contributed by atoms with E-state index in [1.54, 1.807) is 0 Å². The highest BCUT2D eigenvalue weighted by molar-refractivity contribution is 6.13. The van der Waals surface area contributed by atoms with Gasteiger partial charge in [0.05, 0.1) is 22.1 Å². The summed E-state index contributed by atoms with van der Waals surface area (Å²) in [7, 11) is 0. The van der Waals surface area contributed by atoms with Crippen LogP contribution in [0.4, 0.5) is 0 Å². The second kappa shape index (κ2) is 12.5. The van der Waals surface area contributed by atoms with Crippen LogP contribution < -0.4 is 0 Å². The quantitative estimate of drug-likeness (QED) is 0.173. The molecule has 0 spiro atoms. The number of hydrogen-bond donors (Lipinski definition) is 0. The van der Waals surface area contributed by atoms with E-state index in [9.17, 15) is 0 Å². The van der Waals surface area contributed by atoms with Gasteiger partial charge in [0.2, 0.25) is 0 Å². The first-order chi connectivity index (χ1) is 28.2. The predicted octanol–water partition coefficient (Wildman–Crippen LogP) is 14.8. The molecule has 12 rings (SSSR count). The maximum atomic E-state index is 6.10. The monoisotopic (exact) mass is 726 g/mol. The van der Waals surface area contributed by atoms with Crippen molar-refractivity contribution in [2.45, 2.75) is 0 Å². The van der Waals surface area contributed by atoms with Crippen LogP contribution in [-0.2, 0) is 0 Å². The van der Waals surface area contributed by atoms with E-state index in [1.165, 1.54) is 77.0 Å². The van der Waals surface area contributed by atoms with Crippen LogP contribution in [0.1, 0.15) is 0 Å². The smallest absolute Gasteiger partial charge is 0.135 e. The van der Waals surface area contributed by atoms with Gasteiger partial charge < -0.3 is 13.6 Å². The van der Waals surface area contributed by atoms with Crippen LogP contribution in [0.3, 0.4) is 0 Å². The van der Waals surface area contributed by atoms with Gasteiger partial charge in [-0.2, -0.15) is 0 Å². The Morgan fingerprint density at radius 1 is 0.246 bits per heavy atom. The summed E-state index contributed by atoms with van der Waals surface area (Å²) in [6.45, 7) is 0. The normalized spacial score (nSPS) is 11.9. The molecule has 0 fully saturated rings. The summed E-state index contributed by atoms with van der Waals surface area (Å²) in [6, 6.07) is 74.6. The number of para-hydroxylation sites is 3. The molecule has 0 radical (unpaired) electrons. The molecule has 0 saturated carbocycles. The maximum Gasteiger partial charge on any atom is 0.135 e. The van der Waals surface area contributed by atoms with Crippen LogP contribution in [0.5, 0.6) is 0 Å². The lowest BCUT2D eigenvalue weighted by Gasteiger charge is -2.11. The number of benzene rings is 9. The van der Waals surface area contributed by atoms with Gasteiger partial charge in [0, 0.05) is 43.7 Å². The van der Waals surface area contributed by atoms with E-state index in [0.29, 0.717) is 0 Å². The highest BCUT2D eigenvalue weighted by atomic mass is 16.3. The molecular formula is C54H34N2O. The first-order valence-electron chi connectivity index (χ1n) is 19.5. The Labute approximate surface area is 328 Å². The molecule has 3 aromatic heterocycles. The minimum atomic E-state index is 0.915. The number of rotatable bonds is 5. The molecule has 0 bridgehead atoms. The number of hydrogen-bond acceptors (Lipinski definition) is 1. The molecule has 0 saturated heterocycles. The van der Waals surface area contributed by atoms with Gasteiger partial charge in [-0.05, 0) is 112 Å². The van der Waals surface area contributed by atoms with E-state index < -0.39 is 0 Å². The van der Waals surface area contributed by atoms with Crippen LogP contribution in [-0.4, -0.2) is 9.13 Å². The fourth-order valence-corrected chi connectivity index (χ4v) is 9.03. The van der Waals surface area contributed by atoms with Crippen LogP contribution in [0.25, 0.3) is 110 Å². The van der Waals surface area contributed by atoms with E-state index in [2.05, 4.69) is 203 Å². The van der Waals surface area contributed by atoms with Crippen molar-refractivity contribution in [2.24, 2.45) is 0 Å². The molecule has 3 heteroatoms.